The lowest BCUT2D eigenvalue weighted by Crippen LogP contribution is -2.39. The van der Waals surface area contributed by atoms with Gasteiger partial charge in [-0.3, -0.25) is 0 Å². The molecule has 1 aliphatic heterocycles. The van der Waals surface area contributed by atoms with Gasteiger partial charge in [-0.05, 0) is 65.4 Å². The molecule has 0 amide bonds. The van der Waals surface area contributed by atoms with Gasteiger partial charge in [0.2, 0.25) is 0 Å². The van der Waals surface area contributed by atoms with Crippen molar-refractivity contribution in [2.45, 2.75) is 37.7 Å². The molecule has 0 spiro atoms. The maximum Gasteiger partial charge on any atom is 0.573 e. The van der Waals surface area contributed by atoms with Crippen molar-refractivity contribution < 1.29 is 40.9 Å². The van der Waals surface area contributed by atoms with E-state index in [2.05, 4.69) is 9.47 Å². The second-order valence-electron chi connectivity index (χ2n) is 8.51. The summed E-state index contributed by atoms with van der Waals surface area (Å²) in [5, 5.41) is 10.4. The van der Waals surface area contributed by atoms with E-state index in [4.69, 9.17) is 11.6 Å². The number of aliphatic hydroxyl groups excluding tert-OH is 1. The largest absolute Gasteiger partial charge is 0.573 e. The zero-order valence-corrected chi connectivity index (χ0v) is 19.9. The molecule has 3 aromatic rings. The fourth-order valence-corrected chi connectivity index (χ4v) is 4.71. The number of fused-ring (bicyclic) bond motifs is 1. The van der Waals surface area contributed by atoms with E-state index < -0.39 is 24.9 Å². The lowest BCUT2D eigenvalue weighted by atomic mass is 9.86. The Morgan fingerprint density at radius 2 is 1.51 bits per heavy atom. The summed E-state index contributed by atoms with van der Waals surface area (Å²) in [6.45, 7) is 0.0895. The Morgan fingerprint density at radius 3 is 2.16 bits per heavy atom. The summed E-state index contributed by atoms with van der Waals surface area (Å²) >= 11 is 5.86. The van der Waals surface area contributed by atoms with Crippen LogP contribution in [0.15, 0.2) is 66.7 Å². The van der Waals surface area contributed by atoms with E-state index in [1.54, 1.807) is 30.3 Å². The summed E-state index contributed by atoms with van der Waals surface area (Å²) in [5.41, 5.74) is 3.27. The Labute approximate surface area is 214 Å². The van der Waals surface area contributed by atoms with Crippen molar-refractivity contribution in [3.8, 4) is 22.6 Å². The van der Waals surface area contributed by atoms with E-state index in [9.17, 15) is 31.4 Å². The van der Waals surface area contributed by atoms with Gasteiger partial charge in [0.1, 0.15) is 11.5 Å². The normalized spacial score (nSPS) is 16.8. The van der Waals surface area contributed by atoms with Crippen molar-refractivity contribution >= 4 is 17.3 Å². The quantitative estimate of drug-likeness (QED) is 0.251. The minimum absolute atomic E-state index is 0.0632. The summed E-state index contributed by atoms with van der Waals surface area (Å²) in [6, 6.07) is 16.2. The van der Waals surface area contributed by atoms with Crippen molar-refractivity contribution in [2.24, 2.45) is 0 Å². The van der Waals surface area contributed by atoms with Crippen LogP contribution in [0.4, 0.5) is 32.0 Å². The van der Waals surface area contributed by atoms with Crippen molar-refractivity contribution in [3.05, 3.63) is 77.9 Å². The standard InChI is InChI=1S/C26H22ClF6NO3/c27-14-18(35)15-34-23(17-5-2-7-20(13-17)37-26(31,32)33)11-10-22-21(8-3-9-24(22)34)16-4-1-6-19(12-16)36-25(28,29)30/h1-9,12-13,18,23,35H,10-11,14-15H2. The summed E-state index contributed by atoms with van der Waals surface area (Å²) in [6.07, 6.45) is -9.66. The molecule has 0 aliphatic carbocycles. The summed E-state index contributed by atoms with van der Waals surface area (Å²) < 4.78 is 84.7. The fraction of sp³-hybridized carbons (Fsp3) is 0.308. The number of halogens is 7. The van der Waals surface area contributed by atoms with E-state index >= 15 is 0 Å². The van der Waals surface area contributed by atoms with Crippen LogP contribution in [0.3, 0.4) is 0 Å². The van der Waals surface area contributed by atoms with Gasteiger partial charge in [-0.2, -0.15) is 0 Å². The smallest absolute Gasteiger partial charge is 0.406 e. The van der Waals surface area contributed by atoms with Gasteiger partial charge in [0.25, 0.3) is 0 Å². The van der Waals surface area contributed by atoms with Crippen LogP contribution in [-0.2, 0) is 6.42 Å². The lowest BCUT2D eigenvalue weighted by molar-refractivity contribution is -0.275. The predicted octanol–water partition coefficient (Wildman–Crippen LogP) is 7.24. The highest BCUT2D eigenvalue weighted by atomic mass is 35.5. The van der Waals surface area contributed by atoms with E-state index in [-0.39, 0.29) is 23.9 Å². The Kier molecular flexibility index (Phi) is 7.80. The molecule has 4 nitrogen and oxygen atoms in total. The maximum atomic E-state index is 12.8. The molecule has 1 aliphatic rings. The number of nitrogens with zero attached hydrogens (tertiary/aromatic N) is 1. The average Bonchev–Trinajstić information content (AvgIpc) is 2.82. The van der Waals surface area contributed by atoms with Crippen molar-refractivity contribution in [3.63, 3.8) is 0 Å². The van der Waals surface area contributed by atoms with Gasteiger partial charge in [0, 0.05) is 12.2 Å². The monoisotopic (exact) mass is 545 g/mol. The van der Waals surface area contributed by atoms with Crippen LogP contribution in [0.25, 0.3) is 11.1 Å². The molecule has 37 heavy (non-hydrogen) atoms. The lowest BCUT2D eigenvalue weighted by Gasteiger charge is -2.41. The van der Waals surface area contributed by atoms with Crippen LogP contribution >= 0.6 is 11.6 Å². The Balaban J connectivity index is 1.74. The van der Waals surface area contributed by atoms with Crippen LogP contribution in [0, 0.1) is 0 Å². The number of benzene rings is 3. The van der Waals surface area contributed by atoms with Crippen LogP contribution in [0.5, 0.6) is 11.5 Å². The Hall–Kier alpha value is -3.11. The first-order valence-corrected chi connectivity index (χ1v) is 11.8. The number of alkyl halides is 7. The van der Waals surface area contributed by atoms with Crippen LogP contribution in [0.1, 0.15) is 23.6 Å². The highest BCUT2D eigenvalue weighted by molar-refractivity contribution is 6.18. The van der Waals surface area contributed by atoms with Gasteiger partial charge in [0.15, 0.2) is 0 Å². The number of hydrogen-bond donors (Lipinski definition) is 1. The SMILES string of the molecule is OC(CCl)CN1c2cccc(-c3cccc(OC(F)(F)F)c3)c2CCC1c1cccc(OC(F)(F)F)c1. The van der Waals surface area contributed by atoms with Gasteiger partial charge < -0.3 is 19.5 Å². The van der Waals surface area contributed by atoms with E-state index in [0.717, 1.165) is 5.56 Å². The molecule has 198 valence electrons. The molecule has 2 unspecified atom stereocenters. The molecule has 11 heteroatoms. The molecule has 1 heterocycles. The average molecular weight is 546 g/mol. The molecule has 1 N–H and O–H groups in total. The molecule has 4 rings (SSSR count). The first-order valence-electron chi connectivity index (χ1n) is 11.3. The molecule has 2 atom stereocenters. The van der Waals surface area contributed by atoms with Crippen molar-refractivity contribution in [1.82, 2.24) is 0 Å². The van der Waals surface area contributed by atoms with Gasteiger partial charge in [-0.15, -0.1) is 37.9 Å². The Morgan fingerprint density at radius 1 is 0.892 bits per heavy atom. The molecular formula is C26H22ClF6NO3. The van der Waals surface area contributed by atoms with Crippen LogP contribution in [0.2, 0.25) is 0 Å². The first-order chi connectivity index (χ1) is 17.4. The van der Waals surface area contributed by atoms with Crippen LogP contribution < -0.4 is 14.4 Å². The highest BCUT2D eigenvalue weighted by Crippen LogP contribution is 2.44. The number of aliphatic hydroxyl groups is 1. The molecule has 0 saturated carbocycles. The fourth-order valence-electron chi connectivity index (χ4n) is 4.61. The molecular weight excluding hydrogens is 524 g/mol. The molecule has 0 saturated heterocycles. The minimum atomic E-state index is -4.84. The second-order valence-corrected chi connectivity index (χ2v) is 8.82. The van der Waals surface area contributed by atoms with Gasteiger partial charge >= 0.3 is 12.7 Å². The van der Waals surface area contributed by atoms with Gasteiger partial charge in [-0.1, -0.05) is 36.4 Å². The predicted molar refractivity (Wildman–Crippen MR) is 127 cm³/mol. The van der Waals surface area contributed by atoms with Gasteiger partial charge in [-0.25, -0.2) is 0 Å². The number of rotatable bonds is 7. The molecule has 0 bridgehead atoms. The number of β-amino-alcohol motifs (C(OH)–C–C–N with tert-alkyl or cyclic N) is 1. The first kappa shape index (κ1) is 26.9. The highest BCUT2D eigenvalue weighted by Gasteiger charge is 2.34. The van der Waals surface area contributed by atoms with Crippen molar-refractivity contribution in [1.29, 1.82) is 0 Å². The third-order valence-electron chi connectivity index (χ3n) is 5.95. The summed E-state index contributed by atoms with van der Waals surface area (Å²) in [7, 11) is 0. The van der Waals surface area contributed by atoms with Crippen LogP contribution in [-0.4, -0.2) is 36.4 Å². The topological polar surface area (TPSA) is 41.9 Å². The van der Waals surface area contributed by atoms with Crippen molar-refractivity contribution in [2.75, 3.05) is 17.3 Å². The molecule has 0 aromatic heterocycles. The molecule has 0 fully saturated rings. The molecule has 3 aromatic carbocycles. The van der Waals surface area contributed by atoms with Gasteiger partial charge in [0.05, 0.1) is 18.0 Å². The summed E-state index contributed by atoms with van der Waals surface area (Å²) in [5.74, 6) is -0.775. The Bertz CT molecular complexity index is 1230. The second kappa shape index (κ2) is 10.7. The third kappa shape index (κ3) is 6.81. The zero-order chi connectivity index (χ0) is 26.8. The van der Waals surface area contributed by atoms with E-state index in [1.807, 2.05) is 4.90 Å². The molecule has 0 radical (unpaired) electrons. The van der Waals surface area contributed by atoms with E-state index in [0.29, 0.717) is 35.2 Å². The number of hydrogen-bond acceptors (Lipinski definition) is 4. The van der Waals surface area contributed by atoms with E-state index in [1.165, 1.54) is 36.4 Å². The number of anilines is 1. The zero-order valence-electron chi connectivity index (χ0n) is 19.2. The summed E-state index contributed by atoms with van der Waals surface area (Å²) in [4.78, 5) is 1.86. The third-order valence-corrected chi connectivity index (χ3v) is 6.30. The number of ether oxygens (including phenoxy) is 2. The maximum absolute atomic E-state index is 12.8. The minimum Gasteiger partial charge on any atom is -0.406 e.